The summed E-state index contributed by atoms with van der Waals surface area (Å²) in [6, 6.07) is 3.24. The van der Waals surface area contributed by atoms with E-state index < -0.39 is 12.0 Å². The number of carboxylic acid groups (broad SMARTS) is 1. The first kappa shape index (κ1) is 18.3. The lowest BCUT2D eigenvalue weighted by Gasteiger charge is -2.36. The first-order valence-corrected chi connectivity index (χ1v) is 8.22. The number of benzene rings is 1. The second-order valence-electron chi connectivity index (χ2n) is 6.44. The number of carboxylic acids is 1. The topological polar surface area (TPSA) is 78.9 Å². The maximum absolute atomic E-state index is 11.9. The number of ether oxygens (including phenoxy) is 1. The normalized spacial score (nSPS) is 17.3. The van der Waals surface area contributed by atoms with Crippen molar-refractivity contribution < 1.29 is 19.4 Å². The van der Waals surface area contributed by atoms with Gasteiger partial charge >= 0.3 is 5.97 Å². The standard InChI is InChI=1S/C18H26N2O4/c1-11-9-14(10-12(2)17(11)24-4)16(18(22)23)20-7-5-15(6-8-20)19-13(3)21/h9-10,15-16H,5-8H2,1-4H3,(H,19,21)(H,22,23)/t16-/m1/s1. The number of carbonyl (C=O) groups excluding carboxylic acids is 1. The van der Waals surface area contributed by atoms with E-state index in [1.807, 2.05) is 30.9 Å². The molecule has 2 rings (SSSR count). The SMILES string of the molecule is COc1c(C)cc([C@H](C(=O)O)N2CCC(NC(C)=O)CC2)cc1C. The lowest BCUT2D eigenvalue weighted by Crippen LogP contribution is -2.46. The highest BCUT2D eigenvalue weighted by Crippen LogP contribution is 2.31. The van der Waals surface area contributed by atoms with Crippen molar-refractivity contribution in [2.45, 2.75) is 45.7 Å². The number of hydrogen-bond donors (Lipinski definition) is 2. The third-order valence-corrected chi connectivity index (χ3v) is 4.54. The molecular weight excluding hydrogens is 308 g/mol. The maximum Gasteiger partial charge on any atom is 0.325 e. The fourth-order valence-electron chi connectivity index (χ4n) is 3.56. The molecule has 1 aromatic carbocycles. The smallest absolute Gasteiger partial charge is 0.325 e. The maximum atomic E-state index is 11.9. The van der Waals surface area contributed by atoms with E-state index in [9.17, 15) is 14.7 Å². The molecule has 2 N–H and O–H groups in total. The zero-order chi connectivity index (χ0) is 17.9. The van der Waals surface area contributed by atoms with Crippen molar-refractivity contribution in [3.8, 4) is 5.75 Å². The fraction of sp³-hybridized carbons (Fsp3) is 0.556. The number of nitrogens with zero attached hydrogens (tertiary/aromatic N) is 1. The number of hydrogen-bond acceptors (Lipinski definition) is 4. The van der Waals surface area contributed by atoms with Crippen molar-refractivity contribution >= 4 is 11.9 Å². The van der Waals surface area contributed by atoms with E-state index in [2.05, 4.69) is 5.32 Å². The van der Waals surface area contributed by atoms with Crippen molar-refractivity contribution in [1.82, 2.24) is 10.2 Å². The van der Waals surface area contributed by atoms with Crippen LogP contribution in [-0.4, -0.2) is 48.1 Å². The summed E-state index contributed by atoms with van der Waals surface area (Å²) < 4.78 is 5.37. The first-order valence-electron chi connectivity index (χ1n) is 8.22. The Bertz CT molecular complexity index is 598. The molecule has 0 aromatic heterocycles. The van der Waals surface area contributed by atoms with Gasteiger partial charge in [-0.3, -0.25) is 14.5 Å². The van der Waals surface area contributed by atoms with Gasteiger partial charge in [0.25, 0.3) is 0 Å². The zero-order valence-electron chi connectivity index (χ0n) is 14.8. The van der Waals surface area contributed by atoms with Crippen LogP contribution < -0.4 is 10.1 Å². The summed E-state index contributed by atoms with van der Waals surface area (Å²) in [5, 5.41) is 12.7. The predicted molar refractivity (Wildman–Crippen MR) is 91.3 cm³/mol. The molecule has 0 unspecified atom stereocenters. The van der Waals surface area contributed by atoms with E-state index in [4.69, 9.17) is 4.74 Å². The quantitative estimate of drug-likeness (QED) is 0.861. The molecule has 0 aliphatic carbocycles. The Balaban J connectivity index is 2.19. The molecule has 0 bridgehead atoms. The Kier molecular flexibility index (Phi) is 5.83. The summed E-state index contributed by atoms with van der Waals surface area (Å²) in [4.78, 5) is 25.0. The predicted octanol–water partition coefficient (Wildman–Crippen LogP) is 2.04. The Hall–Kier alpha value is -2.08. The number of carbonyl (C=O) groups is 2. The van der Waals surface area contributed by atoms with E-state index in [1.54, 1.807) is 7.11 Å². The lowest BCUT2D eigenvalue weighted by molar-refractivity contribution is -0.144. The van der Waals surface area contributed by atoms with Gasteiger partial charge in [0.1, 0.15) is 11.8 Å². The Labute approximate surface area is 142 Å². The van der Waals surface area contributed by atoms with Crippen LogP contribution in [0.3, 0.4) is 0 Å². The van der Waals surface area contributed by atoms with Crippen molar-refractivity contribution in [2.24, 2.45) is 0 Å². The summed E-state index contributed by atoms with van der Waals surface area (Å²) in [6.45, 7) is 6.65. The third kappa shape index (κ3) is 4.06. The molecule has 1 aromatic rings. The molecule has 132 valence electrons. The molecule has 6 heteroatoms. The van der Waals surface area contributed by atoms with Gasteiger partial charge in [-0.15, -0.1) is 0 Å². The number of methoxy groups -OCH3 is 1. The first-order chi connectivity index (χ1) is 11.3. The summed E-state index contributed by atoms with van der Waals surface area (Å²) in [5.41, 5.74) is 2.65. The van der Waals surface area contributed by atoms with Crippen LogP contribution in [0.5, 0.6) is 5.75 Å². The molecule has 1 heterocycles. The monoisotopic (exact) mass is 334 g/mol. The van der Waals surface area contributed by atoms with E-state index in [0.29, 0.717) is 13.1 Å². The van der Waals surface area contributed by atoms with Crippen molar-refractivity contribution in [3.05, 3.63) is 28.8 Å². The number of rotatable bonds is 5. The Morgan fingerprint density at radius 1 is 1.25 bits per heavy atom. The van der Waals surface area contributed by atoms with Gasteiger partial charge in [-0.25, -0.2) is 0 Å². The third-order valence-electron chi connectivity index (χ3n) is 4.54. The number of nitrogens with one attached hydrogen (secondary N) is 1. The molecule has 1 aliphatic heterocycles. The van der Waals surface area contributed by atoms with Crippen molar-refractivity contribution in [3.63, 3.8) is 0 Å². The Morgan fingerprint density at radius 2 is 1.79 bits per heavy atom. The highest BCUT2D eigenvalue weighted by molar-refractivity contribution is 5.76. The van der Waals surface area contributed by atoms with Gasteiger partial charge in [0.2, 0.25) is 5.91 Å². The number of amides is 1. The summed E-state index contributed by atoms with van der Waals surface area (Å²) in [7, 11) is 1.62. The van der Waals surface area contributed by atoms with Gasteiger partial charge in [0.05, 0.1) is 7.11 Å². The number of likely N-dealkylation sites (tertiary alicyclic amines) is 1. The van der Waals surface area contributed by atoms with Crippen LogP contribution in [0.2, 0.25) is 0 Å². The van der Waals surface area contributed by atoms with Gasteiger partial charge < -0.3 is 15.2 Å². The van der Waals surface area contributed by atoms with Crippen LogP contribution in [0.4, 0.5) is 0 Å². The number of piperidine rings is 1. The highest BCUT2D eigenvalue weighted by atomic mass is 16.5. The molecule has 1 atom stereocenters. The molecule has 1 aliphatic rings. The number of aryl methyl sites for hydroxylation is 2. The highest BCUT2D eigenvalue weighted by Gasteiger charge is 2.31. The van der Waals surface area contributed by atoms with Gasteiger partial charge in [0, 0.05) is 26.1 Å². The van der Waals surface area contributed by atoms with Crippen LogP contribution >= 0.6 is 0 Å². The van der Waals surface area contributed by atoms with E-state index in [1.165, 1.54) is 6.92 Å². The molecule has 1 saturated heterocycles. The minimum absolute atomic E-state index is 0.0374. The van der Waals surface area contributed by atoms with Gasteiger partial charge in [-0.1, -0.05) is 12.1 Å². The molecule has 1 fully saturated rings. The molecular formula is C18H26N2O4. The van der Waals surface area contributed by atoms with E-state index in [-0.39, 0.29) is 11.9 Å². The molecule has 0 saturated carbocycles. The fourth-order valence-corrected chi connectivity index (χ4v) is 3.56. The summed E-state index contributed by atoms with van der Waals surface area (Å²) in [6.07, 6.45) is 1.52. The largest absolute Gasteiger partial charge is 0.496 e. The minimum Gasteiger partial charge on any atom is -0.496 e. The zero-order valence-corrected chi connectivity index (χ0v) is 14.8. The lowest BCUT2D eigenvalue weighted by atomic mass is 9.96. The van der Waals surface area contributed by atoms with Gasteiger partial charge in [-0.2, -0.15) is 0 Å². The van der Waals surface area contributed by atoms with Gasteiger partial charge in [0.15, 0.2) is 0 Å². The van der Waals surface area contributed by atoms with E-state index >= 15 is 0 Å². The van der Waals surface area contributed by atoms with Crippen LogP contribution in [0.15, 0.2) is 12.1 Å². The molecule has 0 spiro atoms. The second kappa shape index (κ2) is 7.66. The molecule has 24 heavy (non-hydrogen) atoms. The van der Waals surface area contributed by atoms with Crippen LogP contribution in [-0.2, 0) is 9.59 Å². The molecule has 0 radical (unpaired) electrons. The van der Waals surface area contributed by atoms with Crippen LogP contribution in [0.1, 0.15) is 42.5 Å². The van der Waals surface area contributed by atoms with Crippen LogP contribution in [0.25, 0.3) is 0 Å². The molecule has 6 nitrogen and oxygen atoms in total. The van der Waals surface area contributed by atoms with E-state index in [0.717, 1.165) is 35.3 Å². The molecule has 1 amide bonds. The minimum atomic E-state index is -0.850. The summed E-state index contributed by atoms with van der Waals surface area (Å²) >= 11 is 0. The second-order valence-corrected chi connectivity index (χ2v) is 6.44. The number of aliphatic carboxylic acids is 1. The summed E-state index contributed by atoms with van der Waals surface area (Å²) in [5.74, 6) is -0.0890. The average Bonchev–Trinajstić information content (AvgIpc) is 2.48. The Morgan fingerprint density at radius 3 is 2.21 bits per heavy atom. The van der Waals surface area contributed by atoms with Crippen molar-refractivity contribution in [1.29, 1.82) is 0 Å². The van der Waals surface area contributed by atoms with Crippen molar-refractivity contribution in [2.75, 3.05) is 20.2 Å². The van der Waals surface area contributed by atoms with Crippen LogP contribution in [0, 0.1) is 13.8 Å². The van der Waals surface area contributed by atoms with Gasteiger partial charge in [-0.05, 0) is 43.4 Å². The average molecular weight is 334 g/mol.